The molecule has 0 saturated carbocycles. The van der Waals surface area contributed by atoms with Crippen LogP contribution in [0.5, 0.6) is 0 Å². The Morgan fingerprint density at radius 3 is 3.13 bits per heavy atom. The third-order valence-corrected chi connectivity index (χ3v) is 3.53. The molecule has 2 rings (SSSR count). The van der Waals surface area contributed by atoms with Crippen molar-refractivity contribution in [3.05, 3.63) is 11.1 Å². The average Bonchev–Trinajstić information content (AvgIpc) is 2.74. The normalized spacial score (nSPS) is 26.7. The standard InChI is InChI=1S/C9H14N4OS/c1-6-2-3-13(5-7(6)10)9(14)8-4-11-12-15-8/h4,6-7H,2-3,5,10H2,1H3. The van der Waals surface area contributed by atoms with Crippen molar-refractivity contribution in [2.24, 2.45) is 11.7 Å². The fraction of sp³-hybridized carbons (Fsp3) is 0.667. The van der Waals surface area contributed by atoms with Crippen LogP contribution in [0.25, 0.3) is 0 Å². The van der Waals surface area contributed by atoms with Crippen LogP contribution in [0.4, 0.5) is 0 Å². The molecule has 1 aromatic heterocycles. The summed E-state index contributed by atoms with van der Waals surface area (Å²) in [5.41, 5.74) is 5.94. The second kappa shape index (κ2) is 4.24. The van der Waals surface area contributed by atoms with Gasteiger partial charge in [0.05, 0.1) is 6.20 Å². The summed E-state index contributed by atoms with van der Waals surface area (Å²) >= 11 is 1.13. The minimum atomic E-state index is 0.00681. The summed E-state index contributed by atoms with van der Waals surface area (Å²) in [6, 6.07) is 0.0866. The number of piperidine rings is 1. The SMILES string of the molecule is CC1CCN(C(=O)c2cnns2)CC1N. The van der Waals surface area contributed by atoms with Crippen LogP contribution < -0.4 is 5.73 Å². The van der Waals surface area contributed by atoms with Crippen molar-refractivity contribution in [2.75, 3.05) is 13.1 Å². The molecule has 2 unspecified atom stereocenters. The number of amides is 1. The van der Waals surface area contributed by atoms with Crippen LogP contribution in [0.2, 0.25) is 0 Å². The van der Waals surface area contributed by atoms with Gasteiger partial charge in [0.25, 0.3) is 5.91 Å². The van der Waals surface area contributed by atoms with Crippen LogP contribution in [-0.2, 0) is 0 Å². The summed E-state index contributed by atoms with van der Waals surface area (Å²) in [5, 5.41) is 3.66. The molecule has 2 heterocycles. The minimum Gasteiger partial charge on any atom is -0.336 e. The Bertz CT molecular complexity index is 340. The molecule has 0 radical (unpaired) electrons. The monoisotopic (exact) mass is 226 g/mol. The molecule has 1 fully saturated rings. The molecule has 0 spiro atoms. The van der Waals surface area contributed by atoms with Crippen LogP contribution in [-0.4, -0.2) is 39.5 Å². The van der Waals surface area contributed by atoms with Crippen LogP contribution in [0.1, 0.15) is 23.0 Å². The lowest BCUT2D eigenvalue weighted by atomic mass is 9.94. The van der Waals surface area contributed by atoms with Crippen LogP contribution in [0, 0.1) is 5.92 Å². The fourth-order valence-electron chi connectivity index (χ4n) is 1.70. The summed E-state index contributed by atoms with van der Waals surface area (Å²) in [6.07, 6.45) is 2.48. The zero-order valence-electron chi connectivity index (χ0n) is 8.59. The van der Waals surface area contributed by atoms with Gasteiger partial charge in [0, 0.05) is 19.1 Å². The molecule has 0 bridgehead atoms. The molecule has 2 atom stereocenters. The average molecular weight is 226 g/mol. The molecule has 1 aliphatic heterocycles. The molecular formula is C9H14N4OS. The molecule has 15 heavy (non-hydrogen) atoms. The lowest BCUT2D eigenvalue weighted by molar-refractivity contribution is 0.0677. The zero-order valence-corrected chi connectivity index (χ0v) is 9.41. The first kappa shape index (κ1) is 10.5. The molecule has 2 N–H and O–H groups in total. The lowest BCUT2D eigenvalue weighted by Crippen LogP contribution is -2.49. The second-order valence-corrected chi connectivity index (χ2v) is 4.75. The van der Waals surface area contributed by atoms with Crippen molar-refractivity contribution < 1.29 is 4.79 Å². The van der Waals surface area contributed by atoms with Crippen molar-refractivity contribution >= 4 is 17.4 Å². The van der Waals surface area contributed by atoms with Crippen LogP contribution in [0.15, 0.2) is 6.20 Å². The number of hydrogen-bond acceptors (Lipinski definition) is 5. The van der Waals surface area contributed by atoms with E-state index in [-0.39, 0.29) is 11.9 Å². The van der Waals surface area contributed by atoms with Gasteiger partial charge in [-0.2, -0.15) is 0 Å². The number of rotatable bonds is 1. The first-order chi connectivity index (χ1) is 7.18. The minimum absolute atomic E-state index is 0.00681. The van der Waals surface area contributed by atoms with Crippen molar-refractivity contribution in [3.8, 4) is 0 Å². The predicted molar refractivity (Wildman–Crippen MR) is 57.6 cm³/mol. The van der Waals surface area contributed by atoms with Gasteiger partial charge in [0.2, 0.25) is 0 Å². The Kier molecular flexibility index (Phi) is 2.97. The second-order valence-electron chi connectivity index (χ2n) is 3.96. The molecule has 1 aliphatic rings. The van der Waals surface area contributed by atoms with Gasteiger partial charge >= 0.3 is 0 Å². The van der Waals surface area contributed by atoms with E-state index >= 15 is 0 Å². The Balaban J connectivity index is 2.03. The number of nitrogens with zero attached hydrogens (tertiary/aromatic N) is 3. The Labute approximate surface area is 92.4 Å². The van der Waals surface area contributed by atoms with Gasteiger partial charge in [0.15, 0.2) is 0 Å². The van der Waals surface area contributed by atoms with Gasteiger partial charge in [-0.15, -0.1) is 5.10 Å². The van der Waals surface area contributed by atoms with Gasteiger partial charge in [-0.3, -0.25) is 4.79 Å². The molecule has 6 heteroatoms. The largest absolute Gasteiger partial charge is 0.336 e. The Hall–Kier alpha value is -1.01. The van der Waals surface area contributed by atoms with E-state index in [4.69, 9.17) is 5.73 Å². The quantitative estimate of drug-likeness (QED) is 0.750. The van der Waals surface area contributed by atoms with Crippen molar-refractivity contribution in [3.63, 3.8) is 0 Å². The van der Waals surface area contributed by atoms with Gasteiger partial charge in [-0.05, 0) is 23.9 Å². The molecule has 5 nitrogen and oxygen atoms in total. The molecule has 1 saturated heterocycles. The first-order valence-electron chi connectivity index (χ1n) is 5.00. The maximum atomic E-state index is 11.9. The molecular weight excluding hydrogens is 212 g/mol. The van der Waals surface area contributed by atoms with E-state index in [0.29, 0.717) is 17.3 Å². The summed E-state index contributed by atoms with van der Waals surface area (Å²) in [6.45, 7) is 3.55. The topological polar surface area (TPSA) is 72.1 Å². The molecule has 0 aliphatic carbocycles. The highest BCUT2D eigenvalue weighted by Gasteiger charge is 2.27. The van der Waals surface area contributed by atoms with Crippen molar-refractivity contribution in [2.45, 2.75) is 19.4 Å². The fourth-order valence-corrected chi connectivity index (χ4v) is 2.18. The van der Waals surface area contributed by atoms with E-state index in [1.54, 1.807) is 4.90 Å². The van der Waals surface area contributed by atoms with Gasteiger partial charge in [-0.1, -0.05) is 11.4 Å². The Morgan fingerprint density at radius 1 is 1.73 bits per heavy atom. The summed E-state index contributed by atoms with van der Waals surface area (Å²) in [7, 11) is 0. The highest BCUT2D eigenvalue weighted by molar-refractivity contribution is 7.07. The smallest absolute Gasteiger partial charge is 0.267 e. The summed E-state index contributed by atoms with van der Waals surface area (Å²) in [4.78, 5) is 14.3. The van der Waals surface area contributed by atoms with Crippen molar-refractivity contribution in [1.82, 2.24) is 14.5 Å². The van der Waals surface area contributed by atoms with E-state index < -0.39 is 0 Å². The van der Waals surface area contributed by atoms with E-state index in [9.17, 15) is 4.79 Å². The number of nitrogens with two attached hydrogens (primary N) is 1. The summed E-state index contributed by atoms with van der Waals surface area (Å²) in [5.74, 6) is 0.501. The van der Waals surface area contributed by atoms with Gasteiger partial charge < -0.3 is 10.6 Å². The first-order valence-corrected chi connectivity index (χ1v) is 5.78. The van der Waals surface area contributed by atoms with E-state index in [1.165, 1.54) is 6.20 Å². The van der Waals surface area contributed by atoms with Crippen molar-refractivity contribution in [1.29, 1.82) is 0 Å². The predicted octanol–water partition coefficient (Wildman–Crippen LogP) is 0.347. The Morgan fingerprint density at radius 2 is 2.53 bits per heavy atom. The number of carbonyl (C=O) groups excluding carboxylic acids is 1. The van der Waals surface area contributed by atoms with E-state index in [0.717, 1.165) is 24.5 Å². The van der Waals surface area contributed by atoms with Crippen LogP contribution >= 0.6 is 11.5 Å². The van der Waals surface area contributed by atoms with Gasteiger partial charge in [0.1, 0.15) is 4.88 Å². The van der Waals surface area contributed by atoms with E-state index in [1.807, 2.05) is 0 Å². The van der Waals surface area contributed by atoms with Crippen LogP contribution in [0.3, 0.4) is 0 Å². The highest BCUT2D eigenvalue weighted by Crippen LogP contribution is 2.18. The summed E-state index contributed by atoms with van der Waals surface area (Å²) < 4.78 is 3.68. The maximum absolute atomic E-state index is 11.9. The number of hydrogen-bond donors (Lipinski definition) is 1. The maximum Gasteiger partial charge on any atom is 0.267 e. The lowest BCUT2D eigenvalue weighted by Gasteiger charge is -2.34. The van der Waals surface area contributed by atoms with Gasteiger partial charge in [-0.25, -0.2) is 0 Å². The third-order valence-electron chi connectivity index (χ3n) is 2.88. The number of carbonyl (C=O) groups is 1. The zero-order chi connectivity index (χ0) is 10.8. The highest BCUT2D eigenvalue weighted by atomic mass is 32.1. The molecule has 1 amide bonds. The number of aromatic nitrogens is 2. The number of likely N-dealkylation sites (tertiary alicyclic amines) is 1. The molecule has 0 aromatic carbocycles. The molecule has 82 valence electrons. The van der Waals surface area contributed by atoms with E-state index in [2.05, 4.69) is 16.5 Å². The third kappa shape index (κ3) is 2.15. The molecule has 1 aromatic rings.